The van der Waals surface area contributed by atoms with Gasteiger partial charge in [0.15, 0.2) is 11.2 Å². The average molecular weight is 403 g/mol. The van der Waals surface area contributed by atoms with Gasteiger partial charge in [0.25, 0.3) is 5.56 Å². The third kappa shape index (κ3) is 3.60. The topological polar surface area (TPSA) is 86.2 Å². The van der Waals surface area contributed by atoms with Gasteiger partial charge in [-0.3, -0.25) is 13.9 Å². The Hall–Kier alpha value is -2.87. The first-order chi connectivity index (χ1) is 13.3. The molecule has 0 bridgehead atoms. The van der Waals surface area contributed by atoms with E-state index in [1.807, 2.05) is 13.0 Å². The molecule has 2 aromatic heterocycles. The molecule has 9 heteroatoms. The molecule has 1 N–H and O–H groups in total. The highest BCUT2D eigenvalue weighted by Crippen LogP contribution is 2.17. The van der Waals surface area contributed by atoms with Gasteiger partial charge in [-0.1, -0.05) is 43.1 Å². The predicted molar refractivity (Wildman–Crippen MR) is 112 cm³/mol. The molecule has 0 aliphatic rings. The second-order valence-corrected chi connectivity index (χ2v) is 7.11. The van der Waals surface area contributed by atoms with Crippen molar-refractivity contribution in [1.29, 1.82) is 0 Å². The maximum absolute atomic E-state index is 13.1. The number of aryl methyl sites for hydroxylation is 2. The Morgan fingerprint density at radius 1 is 1.21 bits per heavy atom. The van der Waals surface area contributed by atoms with Crippen LogP contribution in [0.2, 0.25) is 5.02 Å². The lowest BCUT2D eigenvalue weighted by atomic mass is 10.2. The summed E-state index contributed by atoms with van der Waals surface area (Å²) < 4.78 is 4.14. The van der Waals surface area contributed by atoms with Gasteiger partial charge in [0.2, 0.25) is 5.95 Å². The van der Waals surface area contributed by atoms with Crippen LogP contribution in [0.1, 0.15) is 32.3 Å². The smallest absolute Gasteiger partial charge is 0.306 e. The van der Waals surface area contributed by atoms with Crippen LogP contribution in [0.4, 0.5) is 5.95 Å². The number of benzene rings is 1. The minimum Gasteiger partial charge on any atom is -0.306 e. The van der Waals surface area contributed by atoms with Crippen LogP contribution < -0.4 is 16.7 Å². The predicted octanol–water partition coefficient (Wildman–Crippen LogP) is 2.72. The Morgan fingerprint density at radius 3 is 2.61 bits per heavy atom. The van der Waals surface area contributed by atoms with E-state index in [9.17, 15) is 9.59 Å². The van der Waals surface area contributed by atoms with E-state index in [4.69, 9.17) is 11.6 Å². The third-order valence-electron chi connectivity index (χ3n) is 4.60. The second kappa shape index (κ2) is 8.02. The van der Waals surface area contributed by atoms with Gasteiger partial charge in [0.05, 0.1) is 6.54 Å². The van der Waals surface area contributed by atoms with Crippen molar-refractivity contribution >= 4 is 34.4 Å². The lowest BCUT2D eigenvalue weighted by Gasteiger charge is -2.09. The lowest BCUT2D eigenvalue weighted by Crippen LogP contribution is -2.39. The van der Waals surface area contributed by atoms with Crippen molar-refractivity contribution in [3.8, 4) is 0 Å². The molecule has 148 valence electrons. The summed E-state index contributed by atoms with van der Waals surface area (Å²) in [5.74, 6) is 0.396. The molecule has 3 aromatic rings. The molecule has 0 unspecified atom stereocenters. The minimum absolute atomic E-state index is 0.0861. The van der Waals surface area contributed by atoms with Gasteiger partial charge in [-0.05, 0) is 25.0 Å². The molecule has 0 saturated carbocycles. The molecule has 0 fully saturated rings. The van der Waals surface area contributed by atoms with Crippen LogP contribution in [0.15, 0.2) is 39.0 Å². The SMILES string of the molecule is CCCC(C)=NNc1nc2c(c(=O)n(Cc3ccccc3Cl)c(=O)n2C)n1C. The molecular formula is C19H23ClN6O2. The molecule has 3 rings (SSSR count). The molecule has 0 aliphatic carbocycles. The van der Waals surface area contributed by atoms with Gasteiger partial charge >= 0.3 is 5.69 Å². The Bertz CT molecular complexity index is 1170. The Labute approximate surface area is 167 Å². The van der Waals surface area contributed by atoms with Crippen LogP contribution in [0.5, 0.6) is 0 Å². The quantitative estimate of drug-likeness (QED) is 0.507. The van der Waals surface area contributed by atoms with E-state index in [2.05, 4.69) is 22.4 Å². The summed E-state index contributed by atoms with van der Waals surface area (Å²) in [5, 5.41) is 4.80. The molecule has 1 aromatic carbocycles. The first kappa shape index (κ1) is 19.9. The van der Waals surface area contributed by atoms with Gasteiger partial charge in [-0.25, -0.2) is 10.2 Å². The van der Waals surface area contributed by atoms with E-state index >= 15 is 0 Å². The van der Waals surface area contributed by atoms with Crippen molar-refractivity contribution in [3.63, 3.8) is 0 Å². The number of nitrogens with zero attached hydrogens (tertiary/aromatic N) is 5. The lowest BCUT2D eigenvalue weighted by molar-refractivity contribution is 0.655. The fourth-order valence-electron chi connectivity index (χ4n) is 3.04. The van der Waals surface area contributed by atoms with Crippen molar-refractivity contribution in [2.45, 2.75) is 33.2 Å². The van der Waals surface area contributed by atoms with E-state index in [-0.39, 0.29) is 6.54 Å². The maximum Gasteiger partial charge on any atom is 0.332 e. The maximum atomic E-state index is 13.1. The highest BCUT2D eigenvalue weighted by Gasteiger charge is 2.19. The summed E-state index contributed by atoms with van der Waals surface area (Å²) in [5.41, 5.74) is 4.27. The molecule has 8 nitrogen and oxygen atoms in total. The molecule has 28 heavy (non-hydrogen) atoms. The number of hydrogen-bond acceptors (Lipinski definition) is 5. The average Bonchev–Trinajstić information content (AvgIpc) is 3.00. The van der Waals surface area contributed by atoms with E-state index < -0.39 is 11.2 Å². The number of aromatic nitrogens is 4. The number of rotatable bonds is 6. The Balaban J connectivity index is 2.12. The van der Waals surface area contributed by atoms with Crippen molar-refractivity contribution in [1.82, 2.24) is 18.7 Å². The largest absolute Gasteiger partial charge is 0.332 e. The van der Waals surface area contributed by atoms with Crippen LogP contribution in [0.25, 0.3) is 11.2 Å². The number of fused-ring (bicyclic) bond motifs is 1. The first-order valence-corrected chi connectivity index (χ1v) is 9.41. The minimum atomic E-state index is -0.451. The van der Waals surface area contributed by atoms with E-state index in [1.165, 1.54) is 9.13 Å². The monoisotopic (exact) mass is 402 g/mol. The zero-order chi connectivity index (χ0) is 20.4. The van der Waals surface area contributed by atoms with Gasteiger partial charge in [0, 0.05) is 24.8 Å². The van der Waals surface area contributed by atoms with Gasteiger partial charge < -0.3 is 4.57 Å². The normalized spacial score (nSPS) is 12.0. The molecule has 0 atom stereocenters. The number of hydrazone groups is 1. The van der Waals surface area contributed by atoms with Crippen molar-refractivity contribution in [3.05, 3.63) is 55.7 Å². The van der Waals surface area contributed by atoms with E-state index in [0.717, 1.165) is 18.6 Å². The van der Waals surface area contributed by atoms with Gasteiger partial charge in [-0.2, -0.15) is 10.1 Å². The summed E-state index contributed by atoms with van der Waals surface area (Å²) in [6.45, 7) is 4.08. The number of imidazole rings is 1. The number of nitrogens with one attached hydrogen (secondary N) is 1. The molecule has 2 heterocycles. The summed E-state index contributed by atoms with van der Waals surface area (Å²) >= 11 is 6.20. The Kier molecular flexibility index (Phi) is 5.69. The molecule has 0 spiro atoms. The van der Waals surface area contributed by atoms with Gasteiger partial charge in [-0.15, -0.1) is 0 Å². The summed E-state index contributed by atoms with van der Waals surface area (Å²) in [4.78, 5) is 30.3. The number of halogens is 1. The highest BCUT2D eigenvalue weighted by molar-refractivity contribution is 6.31. The molecule has 0 radical (unpaired) electrons. The first-order valence-electron chi connectivity index (χ1n) is 9.04. The highest BCUT2D eigenvalue weighted by atomic mass is 35.5. The van der Waals surface area contributed by atoms with Crippen molar-refractivity contribution < 1.29 is 0 Å². The third-order valence-corrected chi connectivity index (χ3v) is 4.97. The number of hydrogen-bond donors (Lipinski definition) is 1. The van der Waals surface area contributed by atoms with Crippen molar-refractivity contribution in [2.24, 2.45) is 19.2 Å². The Morgan fingerprint density at radius 2 is 1.93 bits per heavy atom. The molecule has 0 amide bonds. The fourth-order valence-corrected chi connectivity index (χ4v) is 3.24. The standard InChI is InChI=1S/C19H23ClN6O2/c1-5-8-12(2)22-23-18-21-16-15(24(18)3)17(27)26(19(28)25(16)4)11-13-9-6-7-10-14(13)20/h6-7,9-10H,5,8,11H2,1-4H3,(H,21,23). The molecular weight excluding hydrogens is 380 g/mol. The van der Waals surface area contributed by atoms with Crippen LogP contribution in [-0.2, 0) is 20.6 Å². The second-order valence-electron chi connectivity index (χ2n) is 6.70. The summed E-state index contributed by atoms with van der Waals surface area (Å²) in [6.07, 6.45) is 1.85. The van der Waals surface area contributed by atoms with Crippen LogP contribution in [0.3, 0.4) is 0 Å². The zero-order valence-corrected chi connectivity index (χ0v) is 17.1. The van der Waals surface area contributed by atoms with Crippen LogP contribution >= 0.6 is 11.6 Å². The van der Waals surface area contributed by atoms with E-state index in [1.54, 1.807) is 36.9 Å². The molecule has 0 saturated heterocycles. The van der Waals surface area contributed by atoms with Crippen LogP contribution in [-0.4, -0.2) is 24.4 Å². The van der Waals surface area contributed by atoms with E-state index in [0.29, 0.717) is 27.7 Å². The van der Waals surface area contributed by atoms with Crippen LogP contribution in [0, 0.1) is 0 Å². The summed E-state index contributed by atoms with van der Waals surface area (Å²) in [6, 6.07) is 7.14. The molecule has 0 aliphatic heterocycles. The van der Waals surface area contributed by atoms with Gasteiger partial charge in [0.1, 0.15) is 0 Å². The number of anilines is 1. The fraction of sp³-hybridized carbons (Fsp3) is 0.368. The summed E-state index contributed by atoms with van der Waals surface area (Å²) in [7, 11) is 3.31. The zero-order valence-electron chi connectivity index (χ0n) is 16.4. The van der Waals surface area contributed by atoms with Crippen molar-refractivity contribution in [2.75, 3.05) is 5.43 Å².